The average molecular weight is 409 g/mol. The first-order chi connectivity index (χ1) is 14.3. The van der Waals surface area contributed by atoms with E-state index in [1.54, 1.807) is 37.3 Å². The molecule has 2 aromatic carbocycles. The van der Waals surface area contributed by atoms with E-state index in [4.69, 9.17) is 4.74 Å². The highest BCUT2D eigenvalue weighted by Gasteiger charge is 2.39. The summed E-state index contributed by atoms with van der Waals surface area (Å²) in [4.78, 5) is 38.4. The first kappa shape index (κ1) is 21.0. The zero-order valence-corrected chi connectivity index (χ0v) is 17.0. The van der Waals surface area contributed by atoms with Gasteiger partial charge in [-0.15, -0.1) is 0 Å². The Bertz CT molecular complexity index is 1000. The molecule has 0 bridgehead atoms. The summed E-state index contributed by atoms with van der Waals surface area (Å²) < 4.78 is 5.44. The Morgan fingerprint density at radius 3 is 2.43 bits per heavy atom. The highest BCUT2D eigenvalue weighted by molar-refractivity contribution is 6.03. The maximum atomic E-state index is 13.0. The van der Waals surface area contributed by atoms with Crippen LogP contribution in [0.25, 0.3) is 0 Å². The molecule has 0 saturated carbocycles. The third-order valence-corrected chi connectivity index (χ3v) is 4.71. The molecule has 1 aliphatic heterocycles. The molecule has 156 valence electrons. The molecule has 0 fully saturated rings. The molecule has 8 nitrogen and oxygen atoms in total. The van der Waals surface area contributed by atoms with Gasteiger partial charge in [-0.3, -0.25) is 15.0 Å². The summed E-state index contributed by atoms with van der Waals surface area (Å²) >= 11 is 0. The highest BCUT2D eigenvalue weighted by atomic mass is 16.6. The van der Waals surface area contributed by atoms with Crippen LogP contribution in [-0.4, -0.2) is 23.5 Å². The van der Waals surface area contributed by atoms with Gasteiger partial charge >= 0.3 is 12.0 Å². The molecule has 2 aromatic rings. The number of nitro benzene ring substituents is 1. The van der Waals surface area contributed by atoms with E-state index in [0.717, 1.165) is 0 Å². The number of rotatable bonds is 6. The second-order valence-corrected chi connectivity index (χ2v) is 7.36. The predicted octanol–water partition coefficient (Wildman–Crippen LogP) is 4.34. The quantitative estimate of drug-likeness (QED) is 0.434. The van der Waals surface area contributed by atoms with Crippen LogP contribution in [0.5, 0.6) is 0 Å². The van der Waals surface area contributed by atoms with Crippen LogP contribution in [0.1, 0.15) is 32.4 Å². The molecule has 0 saturated heterocycles. The second-order valence-electron chi connectivity index (χ2n) is 7.36. The summed E-state index contributed by atoms with van der Waals surface area (Å²) in [6.45, 7) is 5.65. The average Bonchev–Trinajstić information content (AvgIpc) is 2.72. The van der Waals surface area contributed by atoms with Crippen LogP contribution in [0.2, 0.25) is 0 Å². The zero-order chi connectivity index (χ0) is 21.8. The van der Waals surface area contributed by atoms with E-state index < -0.39 is 23.0 Å². The molecule has 0 unspecified atom stereocenters. The van der Waals surface area contributed by atoms with E-state index >= 15 is 0 Å². The van der Waals surface area contributed by atoms with Gasteiger partial charge in [0.15, 0.2) is 0 Å². The van der Waals surface area contributed by atoms with Crippen LogP contribution in [0, 0.1) is 16.0 Å². The first-order valence-electron chi connectivity index (χ1n) is 9.58. The van der Waals surface area contributed by atoms with E-state index in [2.05, 4.69) is 5.32 Å². The van der Waals surface area contributed by atoms with Gasteiger partial charge in [0.25, 0.3) is 5.69 Å². The number of amides is 2. The summed E-state index contributed by atoms with van der Waals surface area (Å²) in [7, 11) is 0. The van der Waals surface area contributed by atoms with Gasteiger partial charge < -0.3 is 10.1 Å². The fraction of sp³-hybridized carbons (Fsp3) is 0.273. The summed E-state index contributed by atoms with van der Waals surface area (Å²) in [5.41, 5.74) is 1.13. The lowest BCUT2D eigenvalue weighted by Gasteiger charge is -2.35. The number of para-hydroxylation sites is 2. The summed E-state index contributed by atoms with van der Waals surface area (Å²) in [5, 5.41) is 14.3. The highest BCUT2D eigenvalue weighted by Crippen LogP contribution is 2.37. The lowest BCUT2D eigenvalue weighted by Crippen LogP contribution is -2.48. The Morgan fingerprint density at radius 1 is 1.17 bits per heavy atom. The molecule has 2 amide bonds. The largest absolute Gasteiger partial charge is 0.462 e. The van der Waals surface area contributed by atoms with E-state index in [1.807, 2.05) is 19.9 Å². The van der Waals surface area contributed by atoms with Crippen molar-refractivity contribution in [3.8, 4) is 0 Å². The normalized spacial score (nSPS) is 16.5. The summed E-state index contributed by atoms with van der Waals surface area (Å²) in [5.74, 6) is -0.506. The monoisotopic (exact) mass is 409 g/mol. The van der Waals surface area contributed by atoms with Gasteiger partial charge in [0.1, 0.15) is 0 Å². The molecule has 0 aliphatic carbocycles. The Kier molecular flexibility index (Phi) is 6.15. The van der Waals surface area contributed by atoms with Crippen LogP contribution in [0.4, 0.5) is 16.2 Å². The molecule has 0 radical (unpaired) electrons. The van der Waals surface area contributed by atoms with Crippen molar-refractivity contribution in [3.05, 3.63) is 81.5 Å². The molecule has 8 heteroatoms. The third kappa shape index (κ3) is 4.17. The van der Waals surface area contributed by atoms with Crippen molar-refractivity contribution in [2.75, 3.05) is 11.5 Å². The van der Waals surface area contributed by atoms with Crippen LogP contribution in [0.15, 0.2) is 65.9 Å². The van der Waals surface area contributed by atoms with Crippen molar-refractivity contribution in [1.29, 1.82) is 0 Å². The molecule has 30 heavy (non-hydrogen) atoms. The maximum Gasteiger partial charge on any atom is 0.338 e. The smallest absolute Gasteiger partial charge is 0.338 e. The number of carbonyl (C=O) groups is 2. The Labute approximate surface area is 174 Å². The molecular weight excluding hydrogens is 386 g/mol. The number of carbonyl (C=O) groups excluding carboxylic acids is 2. The van der Waals surface area contributed by atoms with Gasteiger partial charge in [-0.25, -0.2) is 9.59 Å². The number of benzene rings is 2. The lowest BCUT2D eigenvalue weighted by atomic mass is 9.93. The molecule has 1 atom stereocenters. The Morgan fingerprint density at radius 2 is 1.80 bits per heavy atom. The maximum absolute atomic E-state index is 13.0. The second kappa shape index (κ2) is 8.77. The minimum absolute atomic E-state index is 0.114. The topological polar surface area (TPSA) is 102 Å². The van der Waals surface area contributed by atoms with E-state index in [0.29, 0.717) is 11.4 Å². The molecule has 3 rings (SSSR count). The van der Waals surface area contributed by atoms with E-state index in [1.165, 1.54) is 23.1 Å². The molecule has 0 spiro atoms. The predicted molar refractivity (Wildman–Crippen MR) is 112 cm³/mol. The van der Waals surface area contributed by atoms with Crippen molar-refractivity contribution in [2.45, 2.75) is 26.8 Å². The number of allylic oxidation sites excluding steroid dienone is 1. The first-order valence-corrected chi connectivity index (χ1v) is 9.58. The van der Waals surface area contributed by atoms with Crippen molar-refractivity contribution in [1.82, 2.24) is 5.32 Å². The van der Waals surface area contributed by atoms with Crippen LogP contribution < -0.4 is 10.2 Å². The van der Waals surface area contributed by atoms with Crippen LogP contribution in [-0.2, 0) is 9.53 Å². The van der Waals surface area contributed by atoms with Crippen molar-refractivity contribution < 1.29 is 19.2 Å². The minimum atomic E-state index is -1.00. The Balaban J connectivity index is 2.15. The SMILES string of the molecule is CC1=C(C(=O)OCC(C)C)[C@@H](c2ccccc2[N+](=O)[O-])NC(=O)N1c1ccccc1. The fourth-order valence-electron chi connectivity index (χ4n) is 3.35. The number of urea groups is 1. The standard InChI is InChI=1S/C22H23N3O5/c1-14(2)13-30-21(26)19-15(3)24(16-9-5-4-6-10-16)22(27)23-20(19)17-11-7-8-12-18(17)25(28)29/h4-12,14,20H,13H2,1-3H3,(H,23,27)/t20-/m1/s1. The molecular formula is C22H23N3O5. The van der Waals surface area contributed by atoms with Gasteiger partial charge in [0.05, 0.1) is 34.4 Å². The number of nitrogens with zero attached hydrogens (tertiary/aromatic N) is 2. The van der Waals surface area contributed by atoms with Gasteiger partial charge in [-0.1, -0.05) is 44.2 Å². The van der Waals surface area contributed by atoms with Crippen molar-refractivity contribution in [2.24, 2.45) is 5.92 Å². The van der Waals surface area contributed by atoms with Gasteiger partial charge in [-0.05, 0) is 31.0 Å². The van der Waals surface area contributed by atoms with Crippen LogP contribution >= 0.6 is 0 Å². The van der Waals surface area contributed by atoms with Gasteiger partial charge in [0.2, 0.25) is 0 Å². The van der Waals surface area contributed by atoms with Crippen LogP contribution in [0.3, 0.4) is 0 Å². The number of esters is 1. The fourth-order valence-corrected chi connectivity index (χ4v) is 3.35. The summed E-state index contributed by atoms with van der Waals surface area (Å²) in [6.07, 6.45) is 0. The third-order valence-electron chi connectivity index (χ3n) is 4.71. The van der Waals surface area contributed by atoms with Gasteiger partial charge in [-0.2, -0.15) is 0 Å². The molecule has 1 aliphatic rings. The summed E-state index contributed by atoms with van der Waals surface area (Å²) in [6, 6.07) is 13.4. The van der Waals surface area contributed by atoms with E-state index in [9.17, 15) is 19.7 Å². The number of hydrogen-bond donors (Lipinski definition) is 1. The number of anilines is 1. The van der Waals surface area contributed by atoms with Crippen molar-refractivity contribution >= 4 is 23.4 Å². The van der Waals surface area contributed by atoms with E-state index in [-0.39, 0.29) is 29.3 Å². The van der Waals surface area contributed by atoms with Gasteiger partial charge in [0, 0.05) is 11.8 Å². The number of nitro groups is 1. The number of ether oxygens (including phenoxy) is 1. The molecule has 0 aromatic heterocycles. The molecule has 1 N–H and O–H groups in total. The Hall–Kier alpha value is -3.68. The number of hydrogen-bond acceptors (Lipinski definition) is 5. The van der Waals surface area contributed by atoms with Crippen molar-refractivity contribution in [3.63, 3.8) is 0 Å². The zero-order valence-electron chi connectivity index (χ0n) is 17.0. The number of nitrogens with one attached hydrogen (secondary N) is 1. The lowest BCUT2D eigenvalue weighted by molar-refractivity contribution is -0.385. The minimum Gasteiger partial charge on any atom is -0.462 e. The molecule has 1 heterocycles.